The number of thiazole rings is 1. The maximum atomic E-state index is 12.5. The van der Waals surface area contributed by atoms with Crippen LogP contribution in [0.1, 0.15) is 28.4 Å². The van der Waals surface area contributed by atoms with Crippen molar-refractivity contribution < 1.29 is 13.6 Å². The van der Waals surface area contributed by atoms with E-state index in [1.54, 1.807) is 29.7 Å². The van der Waals surface area contributed by atoms with E-state index in [0.717, 1.165) is 9.88 Å². The van der Waals surface area contributed by atoms with Crippen molar-refractivity contribution in [3.05, 3.63) is 40.2 Å². The average molecular weight is 397 g/mol. The van der Waals surface area contributed by atoms with Gasteiger partial charge < -0.3 is 19.1 Å². The number of hydrogen-bond donors (Lipinski definition) is 1. The number of carbonyl (C=O) groups excluding carboxylic acids is 1. The highest BCUT2D eigenvalue weighted by atomic mass is 32.1. The Bertz CT molecular complexity index is 993. The number of oxazole rings is 1. The number of piperidine rings is 1. The minimum absolute atomic E-state index is 0.0525. The molecule has 28 heavy (non-hydrogen) atoms. The molecule has 1 fully saturated rings. The summed E-state index contributed by atoms with van der Waals surface area (Å²) >= 11 is 1.59. The van der Waals surface area contributed by atoms with Gasteiger partial charge >= 0.3 is 0 Å². The van der Waals surface area contributed by atoms with Crippen LogP contribution in [0.15, 0.2) is 33.4 Å². The second-order valence-electron chi connectivity index (χ2n) is 6.59. The van der Waals surface area contributed by atoms with Gasteiger partial charge in [0.05, 0.1) is 17.8 Å². The summed E-state index contributed by atoms with van der Waals surface area (Å²) in [6, 6.07) is 5.55. The summed E-state index contributed by atoms with van der Waals surface area (Å²) in [6.07, 6.45) is 4.71. The van der Waals surface area contributed by atoms with Crippen LogP contribution in [-0.4, -0.2) is 29.0 Å². The van der Waals surface area contributed by atoms with Crippen molar-refractivity contribution in [2.75, 3.05) is 18.0 Å². The molecule has 9 heteroatoms. The lowest BCUT2D eigenvalue weighted by molar-refractivity contribution is -0.125. The zero-order valence-corrected chi connectivity index (χ0v) is 16.2. The Morgan fingerprint density at radius 3 is 2.93 bits per heavy atom. The maximum Gasteiger partial charge on any atom is 0.266 e. The van der Waals surface area contributed by atoms with Crippen molar-refractivity contribution in [2.45, 2.75) is 26.3 Å². The van der Waals surface area contributed by atoms with Gasteiger partial charge in [-0.15, -0.1) is 11.3 Å². The first-order valence-corrected chi connectivity index (χ1v) is 9.84. The highest BCUT2D eigenvalue weighted by Crippen LogP contribution is 2.31. The quantitative estimate of drug-likeness (QED) is 0.704. The smallest absolute Gasteiger partial charge is 0.266 e. The number of carbonyl (C=O) groups is 1. The van der Waals surface area contributed by atoms with E-state index >= 15 is 0 Å². The third-order valence-corrected chi connectivity index (χ3v) is 5.62. The van der Waals surface area contributed by atoms with Gasteiger partial charge in [0.2, 0.25) is 17.5 Å². The molecule has 1 amide bonds. The van der Waals surface area contributed by atoms with Crippen LogP contribution in [0.5, 0.6) is 0 Å². The molecule has 0 radical (unpaired) electrons. The van der Waals surface area contributed by atoms with E-state index < -0.39 is 0 Å². The minimum Gasteiger partial charge on any atom is -0.459 e. The Kier molecular flexibility index (Phi) is 5.12. The van der Waals surface area contributed by atoms with E-state index in [1.807, 2.05) is 11.8 Å². The second kappa shape index (κ2) is 7.86. The third-order valence-electron chi connectivity index (χ3n) is 4.71. The van der Waals surface area contributed by atoms with E-state index in [-0.39, 0.29) is 23.4 Å². The summed E-state index contributed by atoms with van der Waals surface area (Å²) in [7, 11) is 0. The van der Waals surface area contributed by atoms with Gasteiger partial charge in [0, 0.05) is 30.1 Å². The van der Waals surface area contributed by atoms with Crippen LogP contribution >= 0.6 is 11.3 Å². The molecule has 4 heterocycles. The highest BCUT2D eigenvalue weighted by molar-refractivity contribution is 7.11. The standard InChI is InChI=1S/C19H19N5O3S/c1-12-21-10-14(28-12)11-22-17(25)13-4-6-24(7-5-13)19-15(9-20)23-18(27-19)16-3-2-8-26-16/h2-3,8,10,13H,4-7,11H2,1H3,(H,22,25). The average Bonchev–Trinajstić information content (AvgIpc) is 3.46. The van der Waals surface area contributed by atoms with Crippen LogP contribution in [0.2, 0.25) is 0 Å². The number of hydrogen-bond acceptors (Lipinski definition) is 8. The van der Waals surface area contributed by atoms with Crippen LogP contribution in [0.4, 0.5) is 5.88 Å². The number of nitrogens with one attached hydrogen (secondary N) is 1. The first kappa shape index (κ1) is 18.3. The number of rotatable bonds is 5. The van der Waals surface area contributed by atoms with Crippen molar-refractivity contribution >= 4 is 23.1 Å². The molecule has 0 aromatic carbocycles. The molecule has 1 saturated heterocycles. The Hall–Kier alpha value is -3.12. The van der Waals surface area contributed by atoms with Crippen molar-refractivity contribution in [3.8, 4) is 17.7 Å². The van der Waals surface area contributed by atoms with Gasteiger partial charge in [-0.05, 0) is 31.9 Å². The SMILES string of the molecule is Cc1ncc(CNC(=O)C2CCN(c3oc(-c4ccco4)nc3C#N)CC2)s1. The molecule has 8 nitrogen and oxygen atoms in total. The molecule has 0 spiro atoms. The summed E-state index contributed by atoms with van der Waals surface area (Å²) in [6.45, 7) is 3.71. The normalized spacial score (nSPS) is 14.8. The molecule has 144 valence electrons. The Morgan fingerprint density at radius 1 is 1.46 bits per heavy atom. The van der Waals surface area contributed by atoms with E-state index in [0.29, 0.717) is 44.1 Å². The van der Waals surface area contributed by atoms with Gasteiger partial charge in [0.1, 0.15) is 6.07 Å². The Morgan fingerprint density at radius 2 is 2.29 bits per heavy atom. The summed E-state index contributed by atoms with van der Waals surface area (Å²) in [5, 5.41) is 13.4. The fourth-order valence-corrected chi connectivity index (χ4v) is 3.99. The summed E-state index contributed by atoms with van der Waals surface area (Å²) in [5.41, 5.74) is 0.231. The van der Waals surface area contributed by atoms with E-state index in [1.165, 1.54) is 6.26 Å². The van der Waals surface area contributed by atoms with E-state index in [9.17, 15) is 10.1 Å². The summed E-state index contributed by atoms with van der Waals surface area (Å²) in [4.78, 5) is 23.9. The molecule has 0 saturated carbocycles. The molecule has 0 atom stereocenters. The molecular weight excluding hydrogens is 378 g/mol. The first-order chi connectivity index (χ1) is 13.6. The Labute approximate surface area is 165 Å². The highest BCUT2D eigenvalue weighted by Gasteiger charge is 2.29. The second-order valence-corrected chi connectivity index (χ2v) is 7.91. The van der Waals surface area contributed by atoms with Crippen LogP contribution < -0.4 is 10.2 Å². The van der Waals surface area contributed by atoms with Crippen LogP contribution in [0.3, 0.4) is 0 Å². The first-order valence-electron chi connectivity index (χ1n) is 9.03. The molecule has 1 aliphatic heterocycles. The predicted molar refractivity (Wildman–Crippen MR) is 103 cm³/mol. The van der Waals surface area contributed by atoms with E-state index in [4.69, 9.17) is 8.83 Å². The number of anilines is 1. The van der Waals surface area contributed by atoms with Crippen molar-refractivity contribution in [1.29, 1.82) is 5.26 Å². The van der Waals surface area contributed by atoms with Gasteiger partial charge in [-0.25, -0.2) is 4.98 Å². The molecule has 3 aromatic heterocycles. The number of furan rings is 1. The van der Waals surface area contributed by atoms with Gasteiger partial charge in [-0.1, -0.05) is 0 Å². The van der Waals surface area contributed by atoms with Gasteiger partial charge in [0.15, 0.2) is 5.76 Å². The molecule has 4 rings (SSSR count). The third kappa shape index (κ3) is 3.77. The number of nitriles is 1. The molecule has 0 bridgehead atoms. The Balaban J connectivity index is 1.36. The number of aromatic nitrogens is 2. The zero-order chi connectivity index (χ0) is 19.5. The summed E-state index contributed by atoms with van der Waals surface area (Å²) < 4.78 is 11.1. The van der Waals surface area contributed by atoms with Gasteiger partial charge in [-0.3, -0.25) is 4.79 Å². The molecule has 3 aromatic rings. The maximum absolute atomic E-state index is 12.5. The topological polar surface area (TPSA) is 108 Å². The lowest BCUT2D eigenvalue weighted by Gasteiger charge is -2.30. The number of amides is 1. The van der Waals surface area contributed by atoms with E-state index in [2.05, 4.69) is 21.4 Å². The molecular formula is C19H19N5O3S. The van der Waals surface area contributed by atoms with Gasteiger partial charge in [-0.2, -0.15) is 10.2 Å². The van der Waals surface area contributed by atoms with Crippen LogP contribution in [-0.2, 0) is 11.3 Å². The molecule has 0 unspecified atom stereocenters. The number of nitrogens with zero attached hydrogens (tertiary/aromatic N) is 4. The molecule has 1 N–H and O–H groups in total. The van der Waals surface area contributed by atoms with Crippen LogP contribution in [0, 0.1) is 24.2 Å². The lowest BCUT2D eigenvalue weighted by atomic mass is 9.96. The zero-order valence-electron chi connectivity index (χ0n) is 15.3. The largest absolute Gasteiger partial charge is 0.459 e. The lowest BCUT2D eigenvalue weighted by Crippen LogP contribution is -2.40. The van der Waals surface area contributed by atoms with Gasteiger partial charge in [0.25, 0.3) is 5.89 Å². The van der Waals surface area contributed by atoms with Crippen LogP contribution in [0.25, 0.3) is 11.7 Å². The summed E-state index contributed by atoms with van der Waals surface area (Å²) in [5.74, 6) is 1.21. The number of aryl methyl sites for hydroxylation is 1. The minimum atomic E-state index is -0.0525. The predicted octanol–water partition coefficient (Wildman–Crippen LogP) is 3.10. The van der Waals surface area contributed by atoms with Crippen molar-refractivity contribution in [1.82, 2.24) is 15.3 Å². The fraction of sp³-hybridized carbons (Fsp3) is 0.368. The monoisotopic (exact) mass is 397 g/mol. The molecule has 0 aliphatic carbocycles. The molecule has 1 aliphatic rings. The van der Waals surface area contributed by atoms with Crippen molar-refractivity contribution in [2.24, 2.45) is 5.92 Å². The van der Waals surface area contributed by atoms with Crippen molar-refractivity contribution in [3.63, 3.8) is 0 Å². The fourth-order valence-electron chi connectivity index (χ4n) is 3.26.